The zero-order valence-electron chi connectivity index (χ0n) is 16.7. The van der Waals surface area contributed by atoms with Crippen LogP contribution in [0.5, 0.6) is 0 Å². The lowest BCUT2D eigenvalue weighted by molar-refractivity contribution is 0.126. The van der Waals surface area contributed by atoms with Crippen molar-refractivity contribution in [1.29, 1.82) is 0 Å². The van der Waals surface area contributed by atoms with Crippen LogP contribution in [0.15, 0.2) is 35.9 Å². The van der Waals surface area contributed by atoms with Crippen LogP contribution in [0.3, 0.4) is 0 Å². The minimum absolute atomic E-state index is 0.583. The van der Waals surface area contributed by atoms with Crippen LogP contribution in [0, 0.1) is 18.8 Å². The molecule has 0 spiro atoms. The Morgan fingerprint density at radius 3 is 2.17 bits per heavy atom. The molecular weight excluding hydrogens is 290 g/mol. The fraction of sp³-hybridized carbons (Fsp3) is 0.652. The van der Waals surface area contributed by atoms with Gasteiger partial charge in [0.1, 0.15) is 0 Å². The highest BCUT2D eigenvalue weighted by atomic mass is 15.2. The summed E-state index contributed by atoms with van der Waals surface area (Å²) >= 11 is 0. The summed E-state index contributed by atoms with van der Waals surface area (Å²) in [5.41, 5.74) is 4.27. The molecule has 1 heterocycles. The fourth-order valence-corrected chi connectivity index (χ4v) is 4.02. The van der Waals surface area contributed by atoms with Crippen LogP contribution in [0.4, 0.5) is 0 Å². The van der Waals surface area contributed by atoms with E-state index in [0.29, 0.717) is 12.0 Å². The van der Waals surface area contributed by atoms with Crippen molar-refractivity contribution in [3.8, 4) is 0 Å². The first-order valence-corrected chi connectivity index (χ1v) is 9.82. The number of piperidine rings is 1. The molecule has 1 aliphatic rings. The van der Waals surface area contributed by atoms with E-state index in [1.165, 1.54) is 49.1 Å². The van der Waals surface area contributed by atoms with Gasteiger partial charge in [-0.3, -0.25) is 4.90 Å². The third kappa shape index (κ3) is 5.48. The van der Waals surface area contributed by atoms with E-state index in [2.05, 4.69) is 76.8 Å². The molecule has 0 bridgehead atoms. The topological polar surface area (TPSA) is 3.24 Å². The van der Waals surface area contributed by atoms with Gasteiger partial charge in [-0.2, -0.15) is 0 Å². The second-order valence-electron chi connectivity index (χ2n) is 8.48. The molecule has 0 N–H and O–H groups in total. The van der Waals surface area contributed by atoms with Crippen molar-refractivity contribution in [2.45, 2.75) is 72.8 Å². The monoisotopic (exact) mass is 327 g/mol. The number of aryl methyl sites for hydroxylation is 1. The quantitative estimate of drug-likeness (QED) is 0.563. The van der Waals surface area contributed by atoms with Crippen LogP contribution in [-0.2, 0) is 0 Å². The van der Waals surface area contributed by atoms with E-state index >= 15 is 0 Å². The maximum absolute atomic E-state index is 2.73. The number of nitrogens with zero attached hydrogens (tertiary/aromatic N) is 1. The molecule has 1 aliphatic heterocycles. The Balaban J connectivity index is 2.03. The summed E-state index contributed by atoms with van der Waals surface area (Å²) in [4.78, 5) is 2.73. The van der Waals surface area contributed by atoms with E-state index in [9.17, 15) is 0 Å². The Hall–Kier alpha value is -1.08. The predicted octanol–water partition coefficient (Wildman–Crippen LogP) is 6.19. The summed E-state index contributed by atoms with van der Waals surface area (Å²) in [5.74, 6) is 2.36. The van der Waals surface area contributed by atoms with Gasteiger partial charge in [-0.05, 0) is 76.4 Å². The highest BCUT2D eigenvalue weighted by Crippen LogP contribution is 2.30. The molecule has 134 valence electrons. The Labute approximate surface area is 150 Å². The van der Waals surface area contributed by atoms with Gasteiger partial charge in [0.25, 0.3) is 0 Å². The predicted molar refractivity (Wildman–Crippen MR) is 107 cm³/mol. The number of allylic oxidation sites excluding steroid dienone is 1. The molecule has 1 heteroatoms. The van der Waals surface area contributed by atoms with E-state index in [0.717, 1.165) is 11.8 Å². The molecule has 0 saturated carbocycles. The van der Waals surface area contributed by atoms with Crippen molar-refractivity contribution in [2.24, 2.45) is 11.8 Å². The van der Waals surface area contributed by atoms with Gasteiger partial charge in [-0.15, -0.1) is 0 Å². The van der Waals surface area contributed by atoms with Crippen molar-refractivity contribution < 1.29 is 0 Å². The van der Waals surface area contributed by atoms with Gasteiger partial charge in [-0.25, -0.2) is 0 Å². The van der Waals surface area contributed by atoms with Crippen molar-refractivity contribution in [1.82, 2.24) is 4.90 Å². The van der Waals surface area contributed by atoms with Crippen molar-refractivity contribution in [3.05, 3.63) is 47.0 Å². The summed E-state index contributed by atoms with van der Waals surface area (Å²) in [6.07, 6.45) is 6.45. The molecule has 0 amide bonds. The Bertz CT molecular complexity index is 513. The lowest BCUT2D eigenvalue weighted by atomic mass is 9.85. The van der Waals surface area contributed by atoms with Crippen molar-refractivity contribution in [2.75, 3.05) is 13.1 Å². The largest absolute Gasteiger partial charge is 0.297 e. The molecular formula is C23H37N. The number of hydrogen-bond acceptors (Lipinski definition) is 1. The average Bonchev–Trinajstić information content (AvgIpc) is 2.54. The SMILES string of the molecule is CC(C)=CC(CC(C)c1ccc(C)cc1)N1CCC(C(C)C)CC1. The first-order chi connectivity index (χ1) is 11.4. The maximum Gasteiger partial charge on any atom is 0.0286 e. The van der Waals surface area contributed by atoms with Gasteiger partial charge in [0.05, 0.1) is 0 Å². The van der Waals surface area contributed by atoms with Gasteiger partial charge >= 0.3 is 0 Å². The van der Waals surface area contributed by atoms with Gasteiger partial charge in [0, 0.05) is 6.04 Å². The van der Waals surface area contributed by atoms with Crippen LogP contribution in [0.1, 0.15) is 70.9 Å². The first-order valence-electron chi connectivity index (χ1n) is 9.82. The standard InChI is InChI=1S/C23H37N/c1-17(2)15-23(24-13-11-21(12-14-24)18(3)4)16-20(6)22-9-7-19(5)8-10-22/h7-10,15,18,20-21,23H,11-14,16H2,1-6H3. The van der Waals surface area contributed by atoms with E-state index in [-0.39, 0.29) is 0 Å². The summed E-state index contributed by atoms with van der Waals surface area (Å²) in [6.45, 7) is 16.3. The Morgan fingerprint density at radius 1 is 1.08 bits per heavy atom. The van der Waals surface area contributed by atoms with E-state index in [1.807, 2.05) is 0 Å². The number of hydrogen-bond donors (Lipinski definition) is 0. The summed E-state index contributed by atoms with van der Waals surface area (Å²) in [7, 11) is 0. The van der Waals surface area contributed by atoms with Gasteiger partial charge < -0.3 is 0 Å². The summed E-state index contributed by atoms with van der Waals surface area (Å²) in [5, 5.41) is 0. The molecule has 1 fully saturated rings. The van der Waals surface area contributed by atoms with Crippen LogP contribution in [0.2, 0.25) is 0 Å². The zero-order valence-corrected chi connectivity index (χ0v) is 16.7. The molecule has 24 heavy (non-hydrogen) atoms. The van der Waals surface area contributed by atoms with Gasteiger partial charge in [-0.1, -0.05) is 62.2 Å². The highest BCUT2D eigenvalue weighted by molar-refractivity contribution is 5.24. The number of benzene rings is 1. The third-order valence-electron chi connectivity index (χ3n) is 5.75. The minimum Gasteiger partial charge on any atom is -0.297 e. The van der Waals surface area contributed by atoms with Crippen molar-refractivity contribution >= 4 is 0 Å². The molecule has 0 radical (unpaired) electrons. The molecule has 1 saturated heterocycles. The van der Waals surface area contributed by atoms with Gasteiger partial charge in [0.15, 0.2) is 0 Å². The van der Waals surface area contributed by atoms with E-state index in [1.54, 1.807) is 0 Å². The third-order valence-corrected chi connectivity index (χ3v) is 5.75. The first kappa shape index (κ1) is 19.2. The second kappa shape index (κ2) is 8.85. The molecule has 0 aliphatic carbocycles. The maximum atomic E-state index is 2.73. The fourth-order valence-electron chi connectivity index (χ4n) is 4.02. The van der Waals surface area contributed by atoms with Crippen LogP contribution in [-0.4, -0.2) is 24.0 Å². The molecule has 1 nitrogen and oxygen atoms in total. The van der Waals surface area contributed by atoms with E-state index in [4.69, 9.17) is 0 Å². The van der Waals surface area contributed by atoms with Crippen LogP contribution >= 0.6 is 0 Å². The molecule has 0 aromatic heterocycles. The lowest BCUT2D eigenvalue weighted by Gasteiger charge is -2.39. The normalized spacial score (nSPS) is 19.3. The Kier molecular flexibility index (Phi) is 7.10. The molecule has 2 rings (SSSR count). The smallest absolute Gasteiger partial charge is 0.0286 e. The lowest BCUT2D eigenvalue weighted by Crippen LogP contribution is -2.42. The molecule has 2 atom stereocenters. The second-order valence-corrected chi connectivity index (χ2v) is 8.48. The number of likely N-dealkylation sites (tertiary alicyclic amines) is 1. The zero-order chi connectivity index (χ0) is 17.7. The highest BCUT2D eigenvalue weighted by Gasteiger charge is 2.26. The minimum atomic E-state index is 0.583. The van der Waals surface area contributed by atoms with Crippen LogP contribution < -0.4 is 0 Å². The van der Waals surface area contributed by atoms with Gasteiger partial charge in [0.2, 0.25) is 0 Å². The summed E-state index contributed by atoms with van der Waals surface area (Å²) in [6, 6.07) is 9.69. The summed E-state index contributed by atoms with van der Waals surface area (Å²) < 4.78 is 0. The van der Waals surface area contributed by atoms with Crippen molar-refractivity contribution in [3.63, 3.8) is 0 Å². The molecule has 1 aromatic carbocycles. The Morgan fingerprint density at radius 2 is 1.67 bits per heavy atom. The van der Waals surface area contributed by atoms with Crippen LogP contribution in [0.25, 0.3) is 0 Å². The molecule has 2 unspecified atom stereocenters. The molecule has 1 aromatic rings. The van der Waals surface area contributed by atoms with E-state index < -0.39 is 0 Å². The number of rotatable bonds is 6. The average molecular weight is 328 g/mol.